The van der Waals surface area contributed by atoms with Gasteiger partial charge in [-0.25, -0.2) is 8.78 Å². The number of nitrogens with one attached hydrogen (secondary N) is 1. The van der Waals surface area contributed by atoms with Gasteiger partial charge in [0.1, 0.15) is 0 Å². The maximum atomic E-state index is 13.3. The molecule has 3 nitrogen and oxygen atoms in total. The van der Waals surface area contributed by atoms with E-state index >= 15 is 0 Å². The van der Waals surface area contributed by atoms with Gasteiger partial charge in [-0.3, -0.25) is 4.79 Å². The van der Waals surface area contributed by atoms with Crippen LogP contribution >= 0.6 is 0 Å². The summed E-state index contributed by atoms with van der Waals surface area (Å²) in [6.07, 6.45) is 4.56. The van der Waals surface area contributed by atoms with Crippen LogP contribution in [0.4, 0.5) is 14.5 Å². The van der Waals surface area contributed by atoms with E-state index in [0.717, 1.165) is 23.1 Å². The Kier molecular flexibility index (Phi) is 2.92. The third-order valence-electron chi connectivity index (χ3n) is 5.25. The fourth-order valence-corrected chi connectivity index (χ4v) is 3.91. The summed E-state index contributed by atoms with van der Waals surface area (Å²) in [7, 11) is 0. The van der Waals surface area contributed by atoms with Gasteiger partial charge in [0.05, 0.1) is 0 Å². The van der Waals surface area contributed by atoms with Crippen molar-refractivity contribution in [2.24, 2.45) is 11.3 Å². The highest BCUT2D eigenvalue weighted by molar-refractivity contribution is 6.00. The number of aromatic nitrogens is 1. The smallest absolute Gasteiger partial charge is 0.254 e. The van der Waals surface area contributed by atoms with Gasteiger partial charge in [0.15, 0.2) is 0 Å². The van der Waals surface area contributed by atoms with E-state index in [1.165, 1.54) is 6.08 Å². The summed E-state index contributed by atoms with van der Waals surface area (Å²) in [6.45, 7) is 4.21. The van der Waals surface area contributed by atoms with Gasteiger partial charge in [0.2, 0.25) is 5.91 Å². The van der Waals surface area contributed by atoms with Gasteiger partial charge in [-0.05, 0) is 49.1 Å². The molecule has 2 fully saturated rings. The molecule has 1 aromatic heterocycles. The number of amides is 1. The van der Waals surface area contributed by atoms with Gasteiger partial charge in [-0.2, -0.15) is 0 Å². The SMILES string of the molecule is C=CC(=O)Nc1ccc2c(ccn2CC2CC3(C2)CC3(F)F)c1. The van der Waals surface area contributed by atoms with Crippen LogP contribution in [-0.4, -0.2) is 16.4 Å². The predicted molar refractivity (Wildman–Crippen MR) is 85.5 cm³/mol. The minimum atomic E-state index is -2.42. The molecule has 2 aliphatic carbocycles. The zero-order valence-corrected chi connectivity index (χ0v) is 12.7. The molecule has 1 N–H and O–H groups in total. The first-order valence-corrected chi connectivity index (χ1v) is 7.83. The fraction of sp³-hybridized carbons (Fsp3) is 0.389. The number of carbonyl (C=O) groups is 1. The number of benzene rings is 1. The Morgan fingerprint density at radius 1 is 1.39 bits per heavy atom. The third-order valence-corrected chi connectivity index (χ3v) is 5.25. The maximum absolute atomic E-state index is 13.3. The van der Waals surface area contributed by atoms with Crippen LogP contribution in [0, 0.1) is 11.3 Å². The average Bonchev–Trinajstić information content (AvgIpc) is 2.86. The lowest BCUT2D eigenvalue weighted by Crippen LogP contribution is -2.32. The van der Waals surface area contributed by atoms with Crippen LogP contribution in [0.15, 0.2) is 43.1 Å². The van der Waals surface area contributed by atoms with Crippen molar-refractivity contribution in [3.8, 4) is 0 Å². The summed E-state index contributed by atoms with van der Waals surface area (Å²) < 4.78 is 28.7. The van der Waals surface area contributed by atoms with E-state index in [4.69, 9.17) is 0 Å². The molecule has 0 aliphatic heterocycles. The lowest BCUT2D eigenvalue weighted by atomic mass is 9.71. The molecule has 23 heavy (non-hydrogen) atoms. The molecule has 1 heterocycles. The Morgan fingerprint density at radius 3 is 2.78 bits per heavy atom. The van der Waals surface area contributed by atoms with E-state index in [0.29, 0.717) is 18.8 Å². The first-order chi connectivity index (χ1) is 10.9. The van der Waals surface area contributed by atoms with Crippen LogP contribution in [0.1, 0.15) is 19.3 Å². The molecule has 1 spiro atoms. The van der Waals surface area contributed by atoms with Crippen molar-refractivity contribution in [2.45, 2.75) is 31.7 Å². The fourth-order valence-electron chi connectivity index (χ4n) is 3.91. The molecule has 5 heteroatoms. The zero-order chi connectivity index (χ0) is 16.2. The van der Waals surface area contributed by atoms with Crippen molar-refractivity contribution >= 4 is 22.5 Å². The highest BCUT2D eigenvalue weighted by atomic mass is 19.3. The van der Waals surface area contributed by atoms with Crippen LogP contribution in [0.25, 0.3) is 10.9 Å². The third kappa shape index (κ3) is 2.26. The minimum absolute atomic E-state index is 0.0787. The lowest BCUT2D eigenvalue weighted by molar-refractivity contribution is -0.111. The number of hydrogen-bond donors (Lipinski definition) is 1. The summed E-state index contributed by atoms with van der Waals surface area (Å²) in [5.41, 5.74) is 1.12. The Balaban J connectivity index is 1.47. The van der Waals surface area contributed by atoms with Crippen molar-refractivity contribution in [1.82, 2.24) is 4.57 Å². The summed E-state index contributed by atoms with van der Waals surface area (Å²) in [4.78, 5) is 11.3. The predicted octanol–water partition coefficient (Wildman–Crippen LogP) is 4.20. The van der Waals surface area contributed by atoms with Gasteiger partial charge in [-0.1, -0.05) is 6.58 Å². The quantitative estimate of drug-likeness (QED) is 0.843. The number of rotatable bonds is 4. The van der Waals surface area contributed by atoms with E-state index in [1.807, 2.05) is 30.5 Å². The van der Waals surface area contributed by atoms with Crippen LogP contribution in [0.3, 0.4) is 0 Å². The van der Waals surface area contributed by atoms with E-state index < -0.39 is 11.3 Å². The van der Waals surface area contributed by atoms with Gasteiger partial charge in [0.25, 0.3) is 5.92 Å². The molecule has 0 saturated heterocycles. The first-order valence-electron chi connectivity index (χ1n) is 7.83. The minimum Gasteiger partial charge on any atom is -0.347 e. The number of hydrogen-bond acceptors (Lipinski definition) is 1. The molecular weight excluding hydrogens is 298 g/mol. The van der Waals surface area contributed by atoms with Gasteiger partial charge >= 0.3 is 0 Å². The number of nitrogens with zero attached hydrogens (tertiary/aromatic N) is 1. The number of anilines is 1. The van der Waals surface area contributed by atoms with Gasteiger partial charge in [0, 0.05) is 41.2 Å². The second-order valence-electron chi connectivity index (χ2n) is 6.87. The normalized spacial score (nSPS) is 27.7. The highest BCUT2D eigenvalue weighted by Gasteiger charge is 2.75. The summed E-state index contributed by atoms with van der Waals surface area (Å²) in [6, 6.07) is 7.69. The monoisotopic (exact) mass is 316 g/mol. The van der Waals surface area contributed by atoms with Crippen LogP contribution in [0.5, 0.6) is 0 Å². The van der Waals surface area contributed by atoms with Gasteiger partial charge in [-0.15, -0.1) is 0 Å². The molecule has 2 saturated carbocycles. The van der Waals surface area contributed by atoms with Crippen molar-refractivity contribution in [3.63, 3.8) is 0 Å². The molecule has 1 aromatic carbocycles. The molecule has 0 atom stereocenters. The standard InChI is InChI=1S/C18H18F2N2O/c1-2-16(23)21-14-3-4-15-13(7-14)5-6-22(15)10-12-8-17(9-12)11-18(17,19)20/h2-7,12H,1,8-11H2,(H,21,23). The molecular formula is C18H18F2N2O. The second-order valence-corrected chi connectivity index (χ2v) is 6.87. The zero-order valence-electron chi connectivity index (χ0n) is 12.7. The topological polar surface area (TPSA) is 34.0 Å². The van der Waals surface area contributed by atoms with Crippen molar-refractivity contribution in [1.29, 1.82) is 0 Å². The van der Waals surface area contributed by atoms with E-state index in [1.54, 1.807) is 0 Å². The Labute approximate surface area is 133 Å². The Bertz CT molecular complexity index is 802. The Morgan fingerprint density at radius 2 is 2.13 bits per heavy atom. The Hall–Kier alpha value is -2.17. The number of alkyl halides is 2. The number of halogens is 2. The molecule has 0 bridgehead atoms. The van der Waals surface area contributed by atoms with Crippen molar-refractivity contribution < 1.29 is 13.6 Å². The number of carbonyl (C=O) groups excluding carboxylic acids is 1. The molecule has 2 aromatic rings. The van der Waals surface area contributed by atoms with E-state index in [9.17, 15) is 13.6 Å². The van der Waals surface area contributed by atoms with Crippen molar-refractivity contribution in [3.05, 3.63) is 43.1 Å². The molecule has 2 aliphatic rings. The van der Waals surface area contributed by atoms with E-state index in [-0.39, 0.29) is 12.3 Å². The van der Waals surface area contributed by atoms with E-state index in [2.05, 4.69) is 16.5 Å². The molecule has 1 amide bonds. The summed E-state index contributed by atoms with van der Waals surface area (Å²) in [5.74, 6) is -2.33. The molecule has 4 rings (SSSR count). The van der Waals surface area contributed by atoms with Crippen molar-refractivity contribution in [2.75, 3.05) is 5.32 Å². The van der Waals surface area contributed by atoms with Gasteiger partial charge < -0.3 is 9.88 Å². The number of fused-ring (bicyclic) bond motifs is 1. The molecule has 120 valence electrons. The lowest BCUT2D eigenvalue weighted by Gasteiger charge is -2.36. The van der Waals surface area contributed by atoms with Crippen LogP contribution < -0.4 is 5.32 Å². The average molecular weight is 316 g/mol. The first kappa shape index (κ1) is 14.4. The molecule has 0 unspecified atom stereocenters. The molecule has 0 radical (unpaired) electrons. The van der Waals surface area contributed by atoms with Crippen LogP contribution in [-0.2, 0) is 11.3 Å². The summed E-state index contributed by atoms with van der Waals surface area (Å²) in [5, 5.41) is 3.76. The largest absolute Gasteiger partial charge is 0.347 e. The highest BCUT2D eigenvalue weighted by Crippen LogP contribution is 2.72. The van der Waals surface area contributed by atoms with Crippen LogP contribution in [0.2, 0.25) is 0 Å². The maximum Gasteiger partial charge on any atom is 0.254 e. The summed E-state index contributed by atoms with van der Waals surface area (Å²) >= 11 is 0. The second kappa shape index (κ2) is 4.66.